The Kier molecular flexibility index (Phi) is 6.83. The van der Waals surface area contributed by atoms with Gasteiger partial charge >= 0.3 is 7.82 Å². The summed E-state index contributed by atoms with van der Waals surface area (Å²) in [5, 5.41) is 4.08. The zero-order chi connectivity index (χ0) is 23.5. The molecule has 2 aromatic carbocycles. The molecule has 0 fully saturated rings. The molecule has 32 heavy (non-hydrogen) atoms. The SMILES string of the molecule is COc1cc(-c2nocc2-c2cc(OC)c(OC)c(OP(=O)(O)O)c2)cc(OC)c1OC. The molecule has 1 aromatic heterocycles. The first-order chi connectivity index (χ1) is 15.3. The van der Waals surface area contributed by atoms with Gasteiger partial charge in [-0.3, -0.25) is 9.79 Å². The van der Waals surface area contributed by atoms with Gasteiger partial charge in [-0.1, -0.05) is 5.16 Å². The van der Waals surface area contributed by atoms with E-state index in [9.17, 15) is 14.4 Å². The van der Waals surface area contributed by atoms with Crippen molar-refractivity contribution >= 4 is 7.82 Å². The zero-order valence-corrected chi connectivity index (χ0v) is 18.8. The molecule has 0 aliphatic heterocycles. The van der Waals surface area contributed by atoms with Crippen molar-refractivity contribution in [2.45, 2.75) is 0 Å². The van der Waals surface area contributed by atoms with Crippen molar-refractivity contribution in [2.75, 3.05) is 35.5 Å². The van der Waals surface area contributed by atoms with Crippen LogP contribution in [0.3, 0.4) is 0 Å². The van der Waals surface area contributed by atoms with Crippen LogP contribution < -0.4 is 28.2 Å². The maximum absolute atomic E-state index is 11.5. The molecule has 0 saturated heterocycles. The van der Waals surface area contributed by atoms with E-state index in [0.29, 0.717) is 39.6 Å². The van der Waals surface area contributed by atoms with E-state index in [1.54, 1.807) is 18.2 Å². The van der Waals surface area contributed by atoms with Crippen LogP contribution in [-0.2, 0) is 4.57 Å². The van der Waals surface area contributed by atoms with Gasteiger partial charge in [0.05, 0.1) is 35.5 Å². The van der Waals surface area contributed by atoms with Crippen LogP contribution in [0.25, 0.3) is 22.4 Å². The van der Waals surface area contributed by atoms with Crippen molar-refractivity contribution in [2.24, 2.45) is 0 Å². The van der Waals surface area contributed by atoms with Crippen LogP contribution in [0.15, 0.2) is 35.1 Å². The molecule has 11 nitrogen and oxygen atoms in total. The van der Waals surface area contributed by atoms with Crippen molar-refractivity contribution in [3.05, 3.63) is 30.5 Å². The molecule has 0 aliphatic carbocycles. The Morgan fingerprint density at radius 1 is 0.750 bits per heavy atom. The first kappa shape index (κ1) is 23.3. The number of phosphoric acid groups is 1. The number of hydrogen-bond acceptors (Lipinski definition) is 9. The Hall–Kier alpha value is -3.40. The molecule has 3 aromatic rings. The topological polar surface area (TPSA) is 139 Å². The van der Waals surface area contributed by atoms with Crippen LogP contribution in [0.1, 0.15) is 0 Å². The molecular weight excluding hydrogens is 445 g/mol. The van der Waals surface area contributed by atoms with Crippen molar-refractivity contribution in [3.8, 4) is 56.9 Å². The normalized spacial score (nSPS) is 11.1. The van der Waals surface area contributed by atoms with E-state index in [2.05, 4.69) is 5.16 Å². The average molecular weight is 467 g/mol. The van der Waals surface area contributed by atoms with E-state index in [4.69, 9.17) is 32.7 Å². The fraction of sp³-hybridized carbons (Fsp3) is 0.250. The monoisotopic (exact) mass is 467 g/mol. The molecule has 1 heterocycles. The van der Waals surface area contributed by atoms with Gasteiger partial charge in [-0.2, -0.15) is 0 Å². The van der Waals surface area contributed by atoms with Gasteiger partial charge in [0.15, 0.2) is 23.0 Å². The van der Waals surface area contributed by atoms with E-state index >= 15 is 0 Å². The average Bonchev–Trinajstić information content (AvgIpc) is 3.26. The number of methoxy groups -OCH3 is 5. The summed E-state index contributed by atoms with van der Waals surface area (Å²) < 4.78 is 48.1. The molecule has 0 radical (unpaired) electrons. The minimum atomic E-state index is -4.88. The van der Waals surface area contributed by atoms with E-state index < -0.39 is 7.82 Å². The standard InChI is InChI=1S/C20H22NO10P/c1-25-14-6-11(7-17(20(14)29-5)31-32(22,23)24)13-10-30-21-18(13)12-8-15(26-2)19(28-4)16(9-12)27-3/h6-10H,1-5H3,(H2,22,23,24). The Bertz CT molecular complexity index is 1130. The number of ether oxygens (including phenoxy) is 5. The summed E-state index contributed by atoms with van der Waals surface area (Å²) in [6.07, 6.45) is 1.38. The second kappa shape index (κ2) is 9.39. The molecule has 0 bridgehead atoms. The summed E-state index contributed by atoms with van der Waals surface area (Å²) in [6, 6.07) is 6.36. The number of phosphoric ester groups is 1. The molecular formula is C20H22NO10P. The van der Waals surface area contributed by atoms with E-state index in [1.807, 2.05) is 0 Å². The second-order valence-electron chi connectivity index (χ2n) is 6.28. The van der Waals surface area contributed by atoms with Gasteiger partial charge in [0.2, 0.25) is 11.5 Å². The number of rotatable bonds is 9. The van der Waals surface area contributed by atoms with Crippen LogP contribution in [0, 0.1) is 0 Å². The van der Waals surface area contributed by atoms with Crippen LogP contribution in [-0.4, -0.2) is 50.5 Å². The Labute approximate surface area is 183 Å². The summed E-state index contributed by atoms with van der Waals surface area (Å²) in [5.74, 6) is 1.22. The quantitative estimate of drug-likeness (QED) is 0.447. The predicted molar refractivity (Wildman–Crippen MR) is 113 cm³/mol. The highest BCUT2D eigenvalue weighted by molar-refractivity contribution is 7.46. The number of benzene rings is 2. The summed E-state index contributed by atoms with van der Waals surface area (Å²) in [7, 11) is 2.31. The van der Waals surface area contributed by atoms with E-state index in [-0.39, 0.29) is 17.2 Å². The molecule has 0 spiro atoms. The number of nitrogens with zero attached hydrogens (tertiary/aromatic N) is 1. The summed E-state index contributed by atoms with van der Waals surface area (Å²) in [4.78, 5) is 18.6. The van der Waals surface area contributed by atoms with Gasteiger partial charge in [0, 0.05) is 11.1 Å². The van der Waals surface area contributed by atoms with Crippen molar-refractivity contribution in [1.29, 1.82) is 0 Å². The molecule has 12 heteroatoms. The summed E-state index contributed by atoms with van der Waals surface area (Å²) in [6.45, 7) is 0. The third kappa shape index (κ3) is 4.59. The van der Waals surface area contributed by atoms with Gasteiger partial charge in [0.25, 0.3) is 0 Å². The van der Waals surface area contributed by atoms with Gasteiger partial charge in [-0.25, -0.2) is 4.57 Å². The molecule has 3 rings (SSSR count). The Morgan fingerprint density at radius 2 is 1.22 bits per heavy atom. The lowest BCUT2D eigenvalue weighted by molar-refractivity contribution is 0.273. The smallest absolute Gasteiger partial charge is 0.493 e. The van der Waals surface area contributed by atoms with Crippen LogP contribution in [0.5, 0.6) is 34.5 Å². The molecule has 0 aliphatic rings. The van der Waals surface area contributed by atoms with Crippen LogP contribution >= 0.6 is 7.82 Å². The van der Waals surface area contributed by atoms with Crippen molar-refractivity contribution < 1.29 is 47.1 Å². The van der Waals surface area contributed by atoms with Gasteiger partial charge < -0.3 is 32.7 Å². The molecule has 172 valence electrons. The van der Waals surface area contributed by atoms with Gasteiger partial charge in [-0.15, -0.1) is 0 Å². The largest absolute Gasteiger partial charge is 0.524 e. The molecule has 2 N–H and O–H groups in total. The van der Waals surface area contributed by atoms with Crippen molar-refractivity contribution in [1.82, 2.24) is 5.16 Å². The second-order valence-corrected chi connectivity index (χ2v) is 7.45. The van der Waals surface area contributed by atoms with Gasteiger partial charge in [0.1, 0.15) is 12.0 Å². The van der Waals surface area contributed by atoms with E-state index in [1.165, 1.54) is 47.9 Å². The number of aromatic nitrogens is 1. The third-order valence-corrected chi connectivity index (χ3v) is 4.92. The Balaban J connectivity index is 2.20. The lowest BCUT2D eigenvalue weighted by Crippen LogP contribution is -1.98. The fourth-order valence-corrected chi connectivity index (χ4v) is 3.54. The van der Waals surface area contributed by atoms with E-state index in [0.717, 1.165) is 0 Å². The highest BCUT2D eigenvalue weighted by Crippen LogP contribution is 2.49. The minimum absolute atomic E-state index is 0.0189. The minimum Gasteiger partial charge on any atom is -0.493 e. The molecule has 0 saturated carbocycles. The van der Waals surface area contributed by atoms with Crippen molar-refractivity contribution in [3.63, 3.8) is 0 Å². The predicted octanol–water partition coefficient (Wildman–Crippen LogP) is 3.52. The molecule has 0 amide bonds. The first-order valence-electron chi connectivity index (χ1n) is 9.02. The first-order valence-corrected chi connectivity index (χ1v) is 10.6. The molecule has 0 atom stereocenters. The zero-order valence-electron chi connectivity index (χ0n) is 17.9. The highest BCUT2D eigenvalue weighted by Gasteiger charge is 2.25. The lowest BCUT2D eigenvalue weighted by atomic mass is 10.0. The number of hydrogen-bond donors (Lipinski definition) is 2. The fourth-order valence-electron chi connectivity index (χ4n) is 3.15. The van der Waals surface area contributed by atoms with Gasteiger partial charge in [-0.05, 0) is 29.8 Å². The van der Waals surface area contributed by atoms with Crippen LogP contribution in [0.2, 0.25) is 0 Å². The highest BCUT2D eigenvalue weighted by atomic mass is 31.2. The maximum atomic E-state index is 11.5. The third-order valence-electron chi connectivity index (χ3n) is 4.48. The summed E-state index contributed by atoms with van der Waals surface area (Å²) >= 11 is 0. The van der Waals surface area contributed by atoms with Crippen LogP contribution in [0.4, 0.5) is 0 Å². The summed E-state index contributed by atoms with van der Waals surface area (Å²) in [5.41, 5.74) is 1.90. The maximum Gasteiger partial charge on any atom is 0.524 e. The Morgan fingerprint density at radius 3 is 1.69 bits per heavy atom. The molecule has 0 unspecified atom stereocenters. The lowest BCUT2D eigenvalue weighted by Gasteiger charge is -2.16.